The molecule has 0 spiro atoms. The molecule has 0 aliphatic heterocycles. The molecule has 1 aromatic carbocycles. The number of fused-ring (bicyclic) bond motifs is 1. The van der Waals surface area contributed by atoms with E-state index in [4.69, 9.17) is 11.6 Å². The number of thiophene rings is 1. The quantitative estimate of drug-likeness (QED) is 0.587. The number of hydrogen-bond acceptors (Lipinski definition) is 3. The van der Waals surface area contributed by atoms with Crippen molar-refractivity contribution in [3.63, 3.8) is 0 Å². The Balaban J connectivity index is 2.28. The van der Waals surface area contributed by atoms with Crippen molar-refractivity contribution in [2.45, 2.75) is 0 Å². The lowest BCUT2D eigenvalue weighted by atomic mass is 10.2. The van der Waals surface area contributed by atoms with Gasteiger partial charge in [0.05, 0.1) is 14.7 Å². The third-order valence-corrected chi connectivity index (χ3v) is 4.23. The van der Waals surface area contributed by atoms with Gasteiger partial charge in [0.1, 0.15) is 11.0 Å². The van der Waals surface area contributed by atoms with Crippen LogP contribution in [-0.4, -0.2) is 9.97 Å². The molecule has 0 amide bonds. The van der Waals surface area contributed by atoms with Crippen molar-refractivity contribution in [2.75, 3.05) is 0 Å². The molecule has 0 saturated heterocycles. The van der Waals surface area contributed by atoms with Gasteiger partial charge in [-0.25, -0.2) is 14.4 Å². The Labute approximate surface area is 120 Å². The fourth-order valence-electron chi connectivity index (χ4n) is 1.65. The van der Waals surface area contributed by atoms with Crippen molar-refractivity contribution in [1.82, 2.24) is 9.97 Å². The van der Waals surface area contributed by atoms with Gasteiger partial charge in [0.2, 0.25) is 0 Å². The molecule has 0 aliphatic carbocycles. The van der Waals surface area contributed by atoms with Crippen molar-refractivity contribution in [3.05, 3.63) is 44.4 Å². The third kappa shape index (κ3) is 2.02. The predicted molar refractivity (Wildman–Crippen MR) is 75.5 cm³/mol. The van der Waals surface area contributed by atoms with Crippen molar-refractivity contribution in [2.24, 2.45) is 0 Å². The van der Waals surface area contributed by atoms with Crippen LogP contribution in [0, 0.1) is 5.82 Å². The molecule has 0 unspecified atom stereocenters. The van der Waals surface area contributed by atoms with Crippen LogP contribution in [0.1, 0.15) is 0 Å². The van der Waals surface area contributed by atoms with Crippen molar-refractivity contribution < 1.29 is 4.39 Å². The Morgan fingerprint density at radius 2 is 2.11 bits per heavy atom. The van der Waals surface area contributed by atoms with Crippen LogP contribution >= 0.6 is 38.9 Å². The van der Waals surface area contributed by atoms with Crippen molar-refractivity contribution in [3.8, 4) is 11.4 Å². The molecule has 0 bridgehead atoms. The minimum absolute atomic E-state index is 0.135. The summed E-state index contributed by atoms with van der Waals surface area (Å²) in [5, 5.41) is 2.31. The first-order chi connectivity index (χ1) is 8.65. The minimum atomic E-state index is -0.407. The summed E-state index contributed by atoms with van der Waals surface area (Å²) < 4.78 is 14.6. The van der Waals surface area contributed by atoms with E-state index in [1.807, 2.05) is 11.4 Å². The Morgan fingerprint density at radius 3 is 2.83 bits per heavy atom. The smallest absolute Gasteiger partial charge is 0.162 e. The molecule has 3 rings (SSSR count). The van der Waals surface area contributed by atoms with E-state index in [2.05, 4.69) is 25.9 Å². The second kappa shape index (κ2) is 4.57. The van der Waals surface area contributed by atoms with Crippen LogP contribution in [0.15, 0.2) is 33.4 Å². The van der Waals surface area contributed by atoms with Gasteiger partial charge >= 0.3 is 0 Å². The van der Waals surface area contributed by atoms with E-state index >= 15 is 0 Å². The molecule has 0 atom stereocenters. The summed E-state index contributed by atoms with van der Waals surface area (Å²) in [6, 6.07) is 6.57. The Hall–Kier alpha value is -1.04. The van der Waals surface area contributed by atoms with Crippen LogP contribution in [0.3, 0.4) is 0 Å². The normalized spacial score (nSPS) is 11.1. The molecule has 2 nitrogen and oxygen atoms in total. The van der Waals surface area contributed by atoms with Crippen molar-refractivity contribution in [1.29, 1.82) is 0 Å². The van der Waals surface area contributed by atoms with Gasteiger partial charge in [-0.2, -0.15) is 0 Å². The number of aromatic nitrogens is 2. The summed E-state index contributed by atoms with van der Waals surface area (Å²) in [5.41, 5.74) is 1.37. The van der Waals surface area contributed by atoms with E-state index in [1.54, 1.807) is 12.1 Å². The molecule has 0 radical (unpaired) electrons. The van der Waals surface area contributed by atoms with Gasteiger partial charge in [0, 0.05) is 10.9 Å². The lowest BCUT2D eigenvalue weighted by Crippen LogP contribution is -1.92. The predicted octanol–water partition coefficient (Wildman–Crippen LogP) is 4.91. The van der Waals surface area contributed by atoms with Crippen LogP contribution in [0.25, 0.3) is 22.3 Å². The third-order valence-electron chi connectivity index (χ3n) is 2.45. The number of nitrogens with zero attached hydrogens (tertiary/aromatic N) is 2. The van der Waals surface area contributed by atoms with Gasteiger partial charge < -0.3 is 0 Å². The number of rotatable bonds is 1. The highest BCUT2D eigenvalue weighted by atomic mass is 79.9. The first-order valence-electron chi connectivity index (χ1n) is 5.01. The minimum Gasteiger partial charge on any atom is -0.228 e. The number of benzene rings is 1. The maximum Gasteiger partial charge on any atom is 0.162 e. The molecule has 90 valence electrons. The highest BCUT2D eigenvalue weighted by molar-refractivity contribution is 9.11. The summed E-state index contributed by atoms with van der Waals surface area (Å²) in [4.78, 5) is 8.48. The molecule has 0 fully saturated rings. The largest absolute Gasteiger partial charge is 0.228 e. The zero-order valence-electron chi connectivity index (χ0n) is 8.82. The SMILES string of the molecule is Fc1cccc2nc(-c3csc(Br)c3)nc(Cl)c12. The average molecular weight is 344 g/mol. The van der Waals surface area contributed by atoms with E-state index in [1.165, 1.54) is 17.4 Å². The van der Waals surface area contributed by atoms with E-state index < -0.39 is 5.82 Å². The van der Waals surface area contributed by atoms with Crippen LogP contribution in [0.5, 0.6) is 0 Å². The van der Waals surface area contributed by atoms with Gasteiger partial charge in [-0.3, -0.25) is 0 Å². The standard InChI is InChI=1S/C12H5BrClFN2S/c13-9-4-6(5-18-9)12-16-8-3-1-2-7(15)10(8)11(14)17-12/h1-5H. The highest BCUT2D eigenvalue weighted by Crippen LogP contribution is 2.30. The van der Waals surface area contributed by atoms with Gasteiger partial charge in [0.25, 0.3) is 0 Å². The first kappa shape index (κ1) is 12.0. The molecular formula is C12H5BrClFN2S. The Morgan fingerprint density at radius 1 is 1.28 bits per heavy atom. The van der Waals surface area contributed by atoms with Gasteiger partial charge in [-0.05, 0) is 34.1 Å². The van der Waals surface area contributed by atoms with Gasteiger partial charge in [-0.1, -0.05) is 17.7 Å². The number of halogens is 3. The van der Waals surface area contributed by atoms with E-state index in [0.717, 1.165) is 9.35 Å². The lowest BCUT2D eigenvalue weighted by molar-refractivity contribution is 0.639. The van der Waals surface area contributed by atoms with Crippen molar-refractivity contribution >= 4 is 49.8 Å². The summed E-state index contributed by atoms with van der Waals surface area (Å²) in [6.07, 6.45) is 0. The fourth-order valence-corrected chi connectivity index (χ4v) is 3.06. The lowest BCUT2D eigenvalue weighted by Gasteiger charge is -2.03. The Bertz CT molecular complexity index is 744. The van der Waals surface area contributed by atoms with E-state index in [-0.39, 0.29) is 10.5 Å². The molecule has 0 saturated carbocycles. The summed E-state index contributed by atoms with van der Waals surface area (Å²) >= 11 is 10.9. The average Bonchev–Trinajstić information content (AvgIpc) is 2.75. The molecule has 2 aromatic heterocycles. The molecule has 3 aromatic rings. The molecule has 0 aliphatic rings. The maximum atomic E-state index is 13.6. The van der Waals surface area contributed by atoms with Crippen LogP contribution in [-0.2, 0) is 0 Å². The van der Waals surface area contributed by atoms with E-state index in [9.17, 15) is 4.39 Å². The zero-order chi connectivity index (χ0) is 12.7. The summed E-state index contributed by atoms with van der Waals surface area (Å²) in [5.74, 6) is 0.0931. The summed E-state index contributed by atoms with van der Waals surface area (Å²) in [7, 11) is 0. The Kier molecular flexibility index (Phi) is 3.05. The second-order valence-corrected chi connectivity index (χ2v) is 6.26. The van der Waals surface area contributed by atoms with Crippen LogP contribution < -0.4 is 0 Å². The van der Waals surface area contributed by atoms with Crippen LogP contribution in [0.4, 0.5) is 4.39 Å². The molecule has 2 heterocycles. The highest BCUT2D eigenvalue weighted by Gasteiger charge is 2.12. The zero-order valence-corrected chi connectivity index (χ0v) is 12.0. The van der Waals surface area contributed by atoms with Gasteiger partial charge in [-0.15, -0.1) is 11.3 Å². The fraction of sp³-hybridized carbons (Fsp3) is 0. The summed E-state index contributed by atoms with van der Waals surface area (Å²) in [6.45, 7) is 0. The van der Waals surface area contributed by atoms with Crippen LogP contribution in [0.2, 0.25) is 5.15 Å². The molecule has 6 heteroatoms. The molecule has 0 N–H and O–H groups in total. The maximum absolute atomic E-state index is 13.6. The molecule has 18 heavy (non-hydrogen) atoms. The monoisotopic (exact) mass is 342 g/mol. The topological polar surface area (TPSA) is 25.8 Å². The molecular weight excluding hydrogens is 339 g/mol. The van der Waals surface area contributed by atoms with E-state index in [0.29, 0.717) is 11.3 Å². The number of hydrogen-bond donors (Lipinski definition) is 0. The first-order valence-corrected chi connectivity index (χ1v) is 7.06. The van der Waals surface area contributed by atoms with Gasteiger partial charge in [0.15, 0.2) is 5.82 Å². The second-order valence-electron chi connectivity index (χ2n) is 3.61.